The number of carbonyl (C=O) groups is 1. The maximum Gasteiger partial charge on any atom is 0.274 e. The summed E-state index contributed by atoms with van der Waals surface area (Å²) in [5, 5.41) is 8.85. The normalized spacial score (nSPS) is 22.5. The zero-order chi connectivity index (χ0) is 16.6. The van der Waals surface area contributed by atoms with Gasteiger partial charge in [0.2, 0.25) is 0 Å². The molecule has 4 rings (SSSR count). The minimum atomic E-state index is -0.435. The van der Waals surface area contributed by atoms with Crippen molar-refractivity contribution < 1.29 is 10.0 Å². The molecule has 0 aromatic heterocycles. The minimum Gasteiger partial charge on any atom is -0.371 e. The fraction of sp³-hybridized carbons (Fsp3) is 0.350. The first-order valence-corrected chi connectivity index (χ1v) is 8.55. The Bertz CT molecular complexity index is 759. The largest absolute Gasteiger partial charge is 0.371 e. The molecule has 2 aromatic rings. The van der Waals surface area contributed by atoms with Crippen LogP contribution in [0.15, 0.2) is 48.5 Å². The van der Waals surface area contributed by atoms with Crippen molar-refractivity contribution in [3.05, 3.63) is 65.2 Å². The van der Waals surface area contributed by atoms with Gasteiger partial charge in [0.05, 0.1) is 0 Å². The fourth-order valence-electron chi connectivity index (χ4n) is 4.28. The van der Waals surface area contributed by atoms with Crippen LogP contribution in [0, 0.1) is 5.41 Å². The average molecular weight is 322 g/mol. The van der Waals surface area contributed by atoms with Crippen molar-refractivity contribution in [2.75, 3.05) is 18.0 Å². The Balaban J connectivity index is 1.56. The summed E-state index contributed by atoms with van der Waals surface area (Å²) in [6, 6.07) is 16.4. The highest BCUT2D eigenvalue weighted by Crippen LogP contribution is 2.44. The highest BCUT2D eigenvalue weighted by molar-refractivity contribution is 5.93. The van der Waals surface area contributed by atoms with Crippen LogP contribution in [0.2, 0.25) is 0 Å². The molecule has 0 radical (unpaired) electrons. The number of benzene rings is 2. The van der Waals surface area contributed by atoms with E-state index in [0.29, 0.717) is 11.0 Å². The van der Waals surface area contributed by atoms with Gasteiger partial charge in [-0.3, -0.25) is 10.0 Å². The molecule has 124 valence electrons. The SMILES string of the molecule is O=C(NO)c1ccc2c(c1)CC1(CC2)CCN(c2ccccc2)C1. The Labute approximate surface area is 142 Å². The summed E-state index contributed by atoms with van der Waals surface area (Å²) in [6.45, 7) is 2.17. The molecule has 1 spiro atoms. The van der Waals surface area contributed by atoms with E-state index in [0.717, 1.165) is 25.9 Å². The molecule has 2 N–H and O–H groups in total. The topological polar surface area (TPSA) is 52.6 Å². The number of rotatable bonds is 2. The number of hydrogen-bond donors (Lipinski definition) is 2. The molecule has 1 heterocycles. The van der Waals surface area contributed by atoms with Crippen molar-refractivity contribution in [3.8, 4) is 0 Å². The number of hydrogen-bond acceptors (Lipinski definition) is 3. The van der Waals surface area contributed by atoms with Crippen LogP contribution in [0.1, 0.15) is 34.3 Å². The van der Waals surface area contributed by atoms with E-state index in [1.54, 1.807) is 11.5 Å². The monoisotopic (exact) mass is 322 g/mol. The van der Waals surface area contributed by atoms with Crippen LogP contribution in [-0.4, -0.2) is 24.2 Å². The first-order chi connectivity index (χ1) is 11.7. The second kappa shape index (κ2) is 5.95. The summed E-state index contributed by atoms with van der Waals surface area (Å²) in [7, 11) is 0. The van der Waals surface area contributed by atoms with Gasteiger partial charge in [-0.15, -0.1) is 0 Å². The summed E-state index contributed by atoms with van der Waals surface area (Å²) in [5.41, 5.74) is 6.47. The van der Waals surface area contributed by atoms with Crippen LogP contribution in [-0.2, 0) is 12.8 Å². The second-order valence-corrected chi connectivity index (χ2v) is 7.11. The van der Waals surface area contributed by atoms with Gasteiger partial charge in [0.15, 0.2) is 0 Å². The van der Waals surface area contributed by atoms with E-state index < -0.39 is 5.91 Å². The predicted molar refractivity (Wildman–Crippen MR) is 93.4 cm³/mol. The van der Waals surface area contributed by atoms with E-state index in [4.69, 9.17) is 5.21 Å². The van der Waals surface area contributed by atoms with E-state index in [1.165, 1.54) is 29.7 Å². The van der Waals surface area contributed by atoms with Crippen molar-refractivity contribution in [1.29, 1.82) is 0 Å². The third kappa shape index (κ3) is 2.67. The molecule has 1 aliphatic heterocycles. The Hall–Kier alpha value is -2.33. The lowest BCUT2D eigenvalue weighted by atomic mass is 9.71. The molecule has 1 saturated heterocycles. The number of fused-ring (bicyclic) bond motifs is 1. The summed E-state index contributed by atoms with van der Waals surface area (Å²) in [6.07, 6.45) is 4.48. The molecule has 24 heavy (non-hydrogen) atoms. The number of nitrogens with zero attached hydrogens (tertiary/aromatic N) is 1. The Kier molecular flexibility index (Phi) is 3.77. The lowest BCUT2D eigenvalue weighted by Crippen LogP contribution is -2.33. The van der Waals surface area contributed by atoms with Gasteiger partial charge in [-0.2, -0.15) is 0 Å². The van der Waals surface area contributed by atoms with Crippen molar-refractivity contribution in [3.63, 3.8) is 0 Å². The summed E-state index contributed by atoms with van der Waals surface area (Å²) in [4.78, 5) is 14.2. The van der Waals surface area contributed by atoms with Crippen LogP contribution in [0.3, 0.4) is 0 Å². The van der Waals surface area contributed by atoms with Crippen molar-refractivity contribution in [2.24, 2.45) is 5.41 Å². The summed E-state index contributed by atoms with van der Waals surface area (Å²) < 4.78 is 0. The van der Waals surface area contributed by atoms with E-state index in [2.05, 4.69) is 35.2 Å². The minimum absolute atomic E-state index is 0.303. The van der Waals surface area contributed by atoms with Gasteiger partial charge in [-0.05, 0) is 66.5 Å². The number of para-hydroxylation sites is 1. The molecule has 1 fully saturated rings. The average Bonchev–Trinajstić information content (AvgIpc) is 3.04. The number of aryl methyl sites for hydroxylation is 1. The molecule has 2 aromatic carbocycles. The third-order valence-corrected chi connectivity index (χ3v) is 5.62. The van der Waals surface area contributed by atoms with E-state index in [9.17, 15) is 4.79 Å². The van der Waals surface area contributed by atoms with Gasteiger partial charge < -0.3 is 4.90 Å². The summed E-state index contributed by atoms with van der Waals surface area (Å²) >= 11 is 0. The Morgan fingerprint density at radius 2 is 1.92 bits per heavy atom. The molecule has 0 saturated carbocycles. The predicted octanol–water partition coefficient (Wildman–Crippen LogP) is 3.19. The lowest BCUT2D eigenvalue weighted by molar-refractivity contribution is 0.0706. The summed E-state index contributed by atoms with van der Waals surface area (Å²) in [5.74, 6) is -0.435. The molecule has 1 amide bonds. The molecule has 4 nitrogen and oxygen atoms in total. The Morgan fingerprint density at radius 3 is 2.71 bits per heavy atom. The second-order valence-electron chi connectivity index (χ2n) is 7.11. The van der Waals surface area contributed by atoms with E-state index in [-0.39, 0.29) is 0 Å². The number of hydroxylamine groups is 1. The maximum absolute atomic E-state index is 11.7. The van der Waals surface area contributed by atoms with Gasteiger partial charge in [-0.25, -0.2) is 5.48 Å². The van der Waals surface area contributed by atoms with Crippen molar-refractivity contribution in [2.45, 2.75) is 25.7 Å². The zero-order valence-electron chi connectivity index (χ0n) is 13.7. The van der Waals surface area contributed by atoms with Gasteiger partial charge in [-0.1, -0.05) is 24.3 Å². The molecule has 0 bridgehead atoms. The number of carbonyl (C=O) groups excluding carboxylic acids is 1. The first-order valence-electron chi connectivity index (χ1n) is 8.55. The quantitative estimate of drug-likeness (QED) is 0.659. The molecule has 1 unspecified atom stereocenters. The molecular formula is C20H22N2O2. The third-order valence-electron chi connectivity index (χ3n) is 5.62. The Morgan fingerprint density at radius 1 is 1.08 bits per heavy atom. The smallest absolute Gasteiger partial charge is 0.274 e. The number of nitrogens with one attached hydrogen (secondary N) is 1. The van der Waals surface area contributed by atoms with E-state index in [1.807, 2.05) is 12.1 Å². The van der Waals surface area contributed by atoms with Gasteiger partial charge in [0.1, 0.15) is 0 Å². The standard InChI is InChI=1S/C20H22N2O2/c23-19(21-24)16-7-6-15-8-9-20(13-17(15)12-16)10-11-22(14-20)18-4-2-1-3-5-18/h1-7,12,24H,8-11,13-14H2,(H,21,23). The maximum atomic E-state index is 11.7. The number of anilines is 1. The van der Waals surface area contributed by atoms with Crippen LogP contribution >= 0.6 is 0 Å². The van der Waals surface area contributed by atoms with Crippen molar-refractivity contribution >= 4 is 11.6 Å². The molecule has 1 aliphatic carbocycles. The van der Waals surface area contributed by atoms with Gasteiger partial charge >= 0.3 is 0 Å². The van der Waals surface area contributed by atoms with Crippen LogP contribution in [0.4, 0.5) is 5.69 Å². The molecular weight excluding hydrogens is 300 g/mol. The van der Waals surface area contributed by atoms with Crippen molar-refractivity contribution in [1.82, 2.24) is 5.48 Å². The van der Waals surface area contributed by atoms with Gasteiger partial charge in [0, 0.05) is 24.3 Å². The van der Waals surface area contributed by atoms with E-state index >= 15 is 0 Å². The van der Waals surface area contributed by atoms with Crippen LogP contribution in [0.25, 0.3) is 0 Å². The highest BCUT2D eigenvalue weighted by atomic mass is 16.5. The van der Waals surface area contributed by atoms with Crippen LogP contribution in [0.5, 0.6) is 0 Å². The molecule has 4 heteroatoms. The molecule has 2 aliphatic rings. The fourth-order valence-corrected chi connectivity index (χ4v) is 4.28. The highest BCUT2D eigenvalue weighted by Gasteiger charge is 2.40. The number of amides is 1. The van der Waals surface area contributed by atoms with Gasteiger partial charge in [0.25, 0.3) is 5.91 Å². The molecule has 1 atom stereocenters. The lowest BCUT2D eigenvalue weighted by Gasteiger charge is -2.35. The van der Waals surface area contributed by atoms with Crippen LogP contribution < -0.4 is 10.4 Å². The first kappa shape index (κ1) is 15.2. The zero-order valence-corrected chi connectivity index (χ0v) is 13.7.